The molecule has 5 rings (SSSR count). The lowest BCUT2D eigenvalue weighted by atomic mass is 9.87. The van der Waals surface area contributed by atoms with Gasteiger partial charge < -0.3 is 4.98 Å². The van der Waals surface area contributed by atoms with Crippen molar-refractivity contribution < 1.29 is 0 Å². The molecule has 2 aliphatic rings. The number of aromatic nitrogens is 2. The smallest absolute Gasteiger partial charge is 0.0503 e. The number of nitrogens with one attached hydrogen (secondary N) is 1. The molecule has 0 unspecified atom stereocenters. The van der Waals surface area contributed by atoms with Crippen LogP contribution < -0.4 is 0 Å². The quantitative estimate of drug-likeness (QED) is 0.505. The van der Waals surface area contributed by atoms with Crippen molar-refractivity contribution in [2.45, 2.75) is 58.8 Å². The van der Waals surface area contributed by atoms with Gasteiger partial charge in [-0.25, -0.2) is 0 Å². The number of pyridine rings is 1. The summed E-state index contributed by atoms with van der Waals surface area (Å²) in [6, 6.07) is 9.28. The number of rotatable bonds is 5. The number of fused-ring (bicyclic) bond motifs is 1. The Kier molecular flexibility index (Phi) is 5.73. The van der Waals surface area contributed by atoms with Crippen molar-refractivity contribution in [3.63, 3.8) is 0 Å². The largest absolute Gasteiger partial charge is 0.354 e. The lowest BCUT2D eigenvalue weighted by molar-refractivity contribution is 0.228. The van der Waals surface area contributed by atoms with Crippen molar-refractivity contribution in [1.82, 2.24) is 14.9 Å². The van der Waals surface area contributed by atoms with Gasteiger partial charge in [-0.15, -0.1) is 0 Å². The molecule has 0 aliphatic carbocycles. The Balaban J connectivity index is 1.43. The standard InChI is InChI=1S/C28H34N4/c1-18(2)27-25-15-23(22-9-13-32(14-10-22)17-21-7-11-29-16-21)5-6-26(25)31-28(27)24-8-12-30-20(4)19(24)3/h5-6,8,11-12,15-16,18,22,31H,7,9-10,13-14,17H2,1-4H3. The highest BCUT2D eigenvalue weighted by atomic mass is 15.1. The molecular formula is C28H34N4. The van der Waals surface area contributed by atoms with Crippen molar-refractivity contribution in [3.05, 3.63) is 64.6 Å². The van der Waals surface area contributed by atoms with Gasteiger partial charge in [0.25, 0.3) is 0 Å². The van der Waals surface area contributed by atoms with Gasteiger partial charge in [0, 0.05) is 53.7 Å². The van der Waals surface area contributed by atoms with E-state index in [1.807, 2.05) is 18.6 Å². The molecule has 0 spiro atoms. The van der Waals surface area contributed by atoms with E-state index < -0.39 is 0 Å². The summed E-state index contributed by atoms with van der Waals surface area (Å²) in [7, 11) is 0. The summed E-state index contributed by atoms with van der Waals surface area (Å²) in [5, 5.41) is 1.39. The van der Waals surface area contributed by atoms with Gasteiger partial charge in [0.05, 0.1) is 5.69 Å². The first-order chi connectivity index (χ1) is 15.5. The first-order valence-electron chi connectivity index (χ1n) is 12.0. The molecule has 0 bridgehead atoms. The van der Waals surface area contributed by atoms with Crippen molar-refractivity contribution in [2.75, 3.05) is 19.6 Å². The second-order valence-corrected chi connectivity index (χ2v) is 9.82. The van der Waals surface area contributed by atoms with Gasteiger partial charge in [0.15, 0.2) is 0 Å². The number of aryl methyl sites for hydroxylation is 1. The molecule has 4 heteroatoms. The number of likely N-dealkylation sites (tertiary alicyclic amines) is 1. The highest BCUT2D eigenvalue weighted by Crippen LogP contribution is 2.39. The Morgan fingerprint density at radius 2 is 1.94 bits per heavy atom. The molecule has 1 fully saturated rings. The lowest BCUT2D eigenvalue weighted by Gasteiger charge is -2.32. The molecule has 4 nitrogen and oxygen atoms in total. The zero-order valence-corrected chi connectivity index (χ0v) is 19.8. The van der Waals surface area contributed by atoms with Crippen LogP contribution in [0.4, 0.5) is 0 Å². The minimum atomic E-state index is 0.450. The van der Waals surface area contributed by atoms with Crippen LogP contribution in [0.15, 0.2) is 47.2 Å². The Morgan fingerprint density at radius 3 is 2.66 bits per heavy atom. The molecule has 0 atom stereocenters. The van der Waals surface area contributed by atoms with Gasteiger partial charge in [0.2, 0.25) is 0 Å². The molecule has 32 heavy (non-hydrogen) atoms. The van der Waals surface area contributed by atoms with Gasteiger partial charge in [-0.05, 0) is 92.1 Å². The molecule has 0 radical (unpaired) electrons. The average Bonchev–Trinajstić information content (AvgIpc) is 3.43. The van der Waals surface area contributed by atoms with E-state index in [1.54, 1.807) is 0 Å². The van der Waals surface area contributed by atoms with E-state index in [1.165, 1.54) is 70.4 Å². The second-order valence-electron chi connectivity index (χ2n) is 9.82. The molecule has 166 valence electrons. The number of piperidine rings is 1. The summed E-state index contributed by atoms with van der Waals surface area (Å²) in [6.45, 7) is 12.3. The zero-order valence-electron chi connectivity index (χ0n) is 19.8. The SMILES string of the molecule is Cc1nccc(-c2[nH]c3ccc(C4CCN(CC5=CN=CC5)CC4)cc3c2C(C)C)c1C. The minimum absolute atomic E-state index is 0.450. The third-order valence-corrected chi connectivity index (χ3v) is 7.37. The zero-order chi connectivity index (χ0) is 22.2. The number of hydrogen-bond acceptors (Lipinski definition) is 3. The molecule has 2 aromatic heterocycles. The van der Waals surface area contributed by atoms with Crippen LogP contribution in [0.5, 0.6) is 0 Å². The highest BCUT2D eigenvalue weighted by Gasteiger charge is 2.23. The van der Waals surface area contributed by atoms with E-state index in [4.69, 9.17) is 0 Å². The third-order valence-electron chi connectivity index (χ3n) is 7.37. The summed E-state index contributed by atoms with van der Waals surface area (Å²) >= 11 is 0. The number of aromatic amines is 1. The van der Waals surface area contributed by atoms with Gasteiger partial charge in [-0.2, -0.15) is 0 Å². The molecule has 0 saturated carbocycles. The molecule has 4 heterocycles. The Bertz CT molecular complexity index is 1190. The van der Waals surface area contributed by atoms with Crippen molar-refractivity contribution in [2.24, 2.45) is 4.99 Å². The number of H-pyrrole nitrogens is 1. The summed E-state index contributed by atoms with van der Waals surface area (Å²) in [5.74, 6) is 1.10. The van der Waals surface area contributed by atoms with E-state index in [-0.39, 0.29) is 0 Å². The summed E-state index contributed by atoms with van der Waals surface area (Å²) in [5.41, 5.74) is 10.5. The maximum Gasteiger partial charge on any atom is 0.0503 e. The van der Waals surface area contributed by atoms with Crippen LogP contribution in [0.2, 0.25) is 0 Å². The van der Waals surface area contributed by atoms with Crippen LogP contribution in [0, 0.1) is 13.8 Å². The average molecular weight is 427 g/mol. The van der Waals surface area contributed by atoms with E-state index in [0.717, 1.165) is 18.7 Å². The molecule has 1 N–H and O–H groups in total. The van der Waals surface area contributed by atoms with Gasteiger partial charge in [-0.1, -0.05) is 19.9 Å². The van der Waals surface area contributed by atoms with E-state index in [2.05, 4.69) is 71.8 Å². The Labute approximate surface area is 191 Å². The van der Waals surface area contributed by atoms with Crippen molar-refractivity contribution >= 4 is 17.1 Å². The fraction of sp³-hybridized carbons (Fsp3) is 0.429. The topological polar surface area (TPSA) is 44.3 Å². The van der Waals surface area contributed by atoms with Crippen molar-refractivity contribution in [3.8, 4) is 11.3 Å². The second kappa shape index (κ2) is 8.67. The van der Waals surface area contributed by atoms with Gasteiger partial charge in [-0.3, -0.25) is 14.9 Å². The van der Waals surface area contributed by atoms with E-state index in [9.17, 15) is 0 Å². The van der Waals surface area contributed by atoms with Crippen LogP contribution in [0.3, 0.4) is 0 Å². The summed E-state index contributed by atoms with van der Waals surface area (Å²) < 4.78 is 0. The molecule has 3 aromatic rings. The number of nitrogens with zero attached hydrogens (tertiary/aromatic N) is 3. The fourth-order valence-corrected chi connectivity index (χ4v) is 5.41. The van der Waals surface area contributed by atoms with Crippen LogP contribution in [-0.4, -0.2) is 40.7 Å². The summed E-state index contributed by atoms with van der Waals surface area (Å²) in [6.07, 6.45) is 9.49. The van der Waals surface area contributed by atoms with Gasteiger partial charge >= 0.3 is 0 Å². The summed E-state index contributed by atoms with van der Waals surface area (Å²) in [4.78, 5) is 15.1. The molecule has 1 aromatic carbocycles. The van der Waals surface area contributed by atoms with Crippen LogP contribution in [-0.2, 0) is 0 Å². The maximum atomic E-state index is 4.48. The van der Waals surface area contributed by atoms with Gasteiger partial charge in [0.1, 0.15) is 0 Å². The fourth-order valence-electron chi connectivity index (χ4n) is 5.41. The number of hydrogen-bond donors (Lipinski definition) is 1. The Hall–Kier alpha value is -2.72. The van der Waals surface area contributed by atoms with Crippen LogP contribution >= 0.6 is 0 Å². The molecule has 0 amide bonds. The normalized spacial score (nSPS) is 17.6. The highest BCUT2D eigenvalue weighted by molar-refractivity contribution is 5.92. The first-order valence-corrected chi connectivity index (χ1v) is 12.0. The molecule has 2 aliphatic heterocycles. The predicted molar refractivity (Wildman–Crippen MR) is 135 cm³/mol. The van der Waals surface area contributed by atoms with Crippen LogP contribution in [0.25, 0.3) is 22.2 Å². The third kappa shape index (κ3) is 3.93. The number of benzene rings is 1. The van der Waals surface area contributed by atoms with E-state index >= 15 is 0 Å². The maximum absolute atomic E-state index is 4.48. The molecular weight excluding hydrogens is 392 g/mol. The van der Waals surface area contributed by atoms with E-state index in [0.29, 0.717) is 11.8 Å². The lowest BCUT2D eigenvalue weighted by Crippen LogP contribution is -2.34. The first kappa shape index (κ1) is 21.1. The number of aliphatic imine (C=N–C) groups is 1. The minimum Gasteiger partial charge on any atom is -0.354 e. The monoisotopic (exact) mass is 426 g/mol. The molecule has 1 saturated heterocycles. The van der Waals surface area contributed by atoms with Crippen LogP contribution in [0.1, 0.15) is 67.3 Å². The Morgan fingerprint density at radius 1 is 1.12 bits per heavy atom. The van der Waals surface area contributed by atoms with Crippen molar-refractivity contribution in [1.29, 1.82) is 0 Å². The predicted octanol–water partition coefficient (Wildman–Crippen LogP) is 6.51.